The van der Waals surface area contributed by atoms with Gasteiger partial charge in [0.15, 0.2) is 0 Å². The first kappa shape index (κ1) is 12.2. The maximum absolute atomic E-state index is 7.44. The van der Waals surface area contributed by atoms with E-state index in [2.05, 4.69) is 5.92 Å². The first-order valence-corrected chi connectivity index (χ1v) is 3.97. The zero-order chi connectivity index (χ0) is 7.40. The van der Waals surface area contributed by atoms with Crippen LogP contribution in [0.2, 0.25) is 0 Å². The van der Waals surface area contributed by atoms with Crippen LogP contribution in [0.5, 0.6) is 0 Å². The Bertz CT molecular complexity index is 131. The molecular weight excluding hydrogens is 161 g/mol. The third-order valence-electron chi connectivity index (χ3n) is 2.25. The maximum atomic E-state index is 7.44. The molecule has 2 heteroatoms. The number of nitrogens with one attached hydrogen (secondary N) is 1. The Labute approximate surface area is 112 Å². The number of rotatable bonds is 1. The van der Waals surface area contributed by atoms with Gasteiger partial charge >= 0.3 is 51.4 Å². The van der Waals surface area contributed by atoms with E-state index in [9.17, 15) is 0 Å². The molecule has 0 aromatic rings. The molecular formula is C9H14KN. The minimum atomic E-state index is 0. The van der Waals surface area contributed by atoms with E-state index in [1.165, 1.54) is 12.8 Å². The molecule has 0 unspecified atom stereocenters. The minimum absolute atomic E-state index is 0. The zero-order valence-electron chi connectivity index (χ0n) is 7.27. The normalized spacial score (nSPS) is 30.2. The molecule has 56 valence electrons. The molecule has 0 spiro atoms. The van der Waals surface area contributed by atoms with Gasteiger partial charge in [0.05, 0.1) is 0 Å². The van der Waals surface area contributed by atoms with Crippen molar-refractivity contribution < 1.29 is 51.4 Å². The third kappa shape index (κ3) is 4.67. The Balaban J connectivity index is 0.000001000. The number of terminal acetylenes is 1. The van der Waals surface area contributed by atoms with E-state index in [0.29, 0.717) is 0 Å². The molecule has 0 atom stereocenters. The average Bonchev–Trinajstić information content (AvgIpc) is 1.95. The van der Waals surface area contributed by atoms with Gasteiger partial charge in [0.1, 0.15) is 0 Å². The van der Waals surface area contributed by atoms with E-state index in [1.54, 1.807) is 0 Å². The monoisotopic (exact) mass is 175 g/mol. The second kappa shape index (κ2) is 6.65. The summed E-state index contributed by atoms with van der Waals surface area (Å²) in [6.07, 6.45) is 10.6. The predicted octanol–water partition coefficient (Wildman–Crippen LogP) is -0.375. The smallest absolute Gasteiger partial charge is 0.675 e. The molecule has 1 aliphatic rings. The van der Waals surface area contributed by atoms with Gasteiger partial charge in [0.2, 0.25) is 0 Å². The van der Waals surface area contributed by atoms with Gasteiger partial charge in [0, 0.05) is 6.42 Å². The van der Waals surface area contributed by atoms with Crippen LogP contribution in [0.4, 0.5) is 0 Å². The summed E-state index contributed by atoms with van der Waals surface area (Å²) in [5.74, 6) is 3.42. The fourth-order valence-electron chi connectivity index (χ4n) is 1.53. The van der Waals surface area contributed by atoms with Gasteiger partial charge in [-0.15, -0.1) is 18.4 Å². The van der Waals surface area contributed by atoms with Gasteiger partial charge in [0.25, 0.3) is 0 Å². The standard InChI is InChI=1S/C9H14N.K/c1-2-3-8-4-6-9(10)7-5-8;/h1,8-10H,3-7H2;/q-1;+1. The fraction of sp³-hybridized carbons (Fsp3) is 0.778. The minimum Gasteiger partial charge on any atom is -0.675 e. The molecule has 1 N–H and O–H groups in total. The largest absolute Gasteiger partial charge is 1.00 e. The van der Waals surface area contributed by atoms with Crippen molar-refractivity contribution in [1.82, 2.24) is 0 Å². The van der Waals surface area contributed by atoms with Gasteiger partial charge in [-0.3, -0.25) is 0 Å². The summed E-state index contributed by atoms with van der Waals surface area (Å²) in [6, 6.07) is 0.203. The summed E-state index contributed by atoms with van der Waals surface area (Å²) in [7, 11) is 0. The fourth-order valence-corrected chi connectivity index (χ4v) is 1.53. The summed E-state index contributed by atoms with van der Waals surface area (Å²) in [5.41, 5.74) is 7.44. The molecule has 0 aromatic heterocycles. The molecule has 0 aromatic carbocycles. The molecule has 1 nitrogen and oxygen atoms in total. The molecule has 1 aliphatic carbocycles. The zero-order valence-corrected chi connectivity index (χ0v) is 10.4. The summed E-state index contributed by atoms with van der Waals surface area (Å²) in [5, 5.41) is 0. The molecule has 0 saturated heterocycles. The Morgan fingerprint density at radius 1 is 1.27 bits per heavy atom. The van der Waals surface area contributed by atoms with E-state index in [1.807, 2.05) is 0 Å². The second-order valence-electron chi connectivity index (χ2n) is 3.13. The van der Waals surface area contributed by atoms with E-state index >= 15 is 0 Å². The predicted molar refractivity (Wildman–Crippen MR) is 43.5 cm³/mol. The van der Waals surface area contributed by atoms with Crippen molar-refractivity contribution in [3.8, 4) is 12.3 Å². The maximum Gasteiger partial charge on any atom is 1.00 e. The van der Waals surface area contributed by atoms with Crippen molar-refractivity contribution in [2.75, 3.05) is 0 Å². The quantitative estimate of drug-likeness (QED) is 0.383. The van der Waals surface area contributed by atoms with Crippen LogP contribution in [-0.4, -0.2) is 6.04 Å². The van der Waals surface area contributed by atoms with Crippen LogP contribution in [0.3, 0.4) is 0 Å². The van der Waals surface area contributed by atoms with Gasteiger partial charge in [-0.2, -0.15) is 0 Å². The van der Waals surface area contributed by atoms with Crippen molar-refractivity contribution in [3.63, 3.8) is 0 Å². The Kier molecular flexibility index (Phi) is 7.35. The molecule has 11 heavy (non-hydrogen) atoms. The van der Waals surface area contributed by atoms with E-state index in [4.69, 9.17) is 12.2 Å². The molecule has 1 fully saturated rings. The van der Waals surface area contributed by atoms with Crippen molar-refractivity contribution >= 4 is 0 Å². The van der Waals surface area contributed by atoms with Gasteiger partial charge in [-0.25, -0.2) is 0 Å². The second-order valence-corrected chi connectivity index (χ2v) is 3.13. The molecule has 0 bridgehead atoms. The van der Waals surface area contributed by atoms with Gasteiger partial charge in [-0.05, 0) is 5.92 Å². The summed E-state index contributed by atoms with van der Waals surface area (Å²) < 4.78 is 0. The van der Waals surface area contributed by atoms with Crippen LogP contribution in [0.25, 0.3) is 5.73 Å². The molecule has 1 rings (SSSR count). The van der Waals surface area contributed by atoms with Crippen molar-refractivity contribution in [2.45, 2.75) is 38.1 Å². The first-order valence-electron chi connectivity index (χ1n) is 3.97. The van der Waals surface area contributed by atoms with Crippen LogP contribution < -0.4 is 51.4 Å². The Morgan fingerprint density at radius 2 is 1.82 bits per heavy atom. The first-order chi connectivity index (χ1) is 4.83. The Hall–Kier alpha value is 1.16. The molecule has 0 aliphatic heterocycles. The molecule has 0 radical (unpaired) electrons. The van der Waals surface area contributed by atoms with Crippen molar-refractivity contribution in [2.24, 2.45) is 5.92 Å². The van der Waals surface area contributed by atoms with Gasteiger partial charge < -0.3 is 5.73 Å². The molecule has 0 amide bonds. The van der Waals surface area contributed by atoms with Crippen LogP contribution in [0, 0.1) is 18.3 Å². The number of hydrogen-bond donors (Lipinski definition) is 0. The summed E-state index contributed by atoms with van der Waals surface area (Å²) in [6.45, 7) is 0. The van der Waals surface area contributed by atoms with E-state index in [-0.39, 0.29) is 57.4 Å². The van der Waals surface area contributed by atoms with E-state index < -0.39 is 0 Å². The summed E-state index contributed by atoms with van der Waals surface area (Å²) >= 11 is 0. The van der Waals surface area contributed by atoms with Crippen molar-refractivity contribution in [3.05, 3.63) is 5.73 Å². The Morgan fingerprint density at radius 3 is 2.27 bits per heavy atom. The van der Waals surface area contributed by atoms with Gasteiger partial charge in [-0.1, -0.05) is 25.7 Å². The van der Waals surface area contributed by atoms with E-state index in [0.717, 1.165) is 25.2 Å². The number of hydrogen-bond acceptors (Lipinski definition) is 0. The summed E-state index contributed by atoms with van der Waals surface area (Å²) in [4.78, 5) is 0. The average molecular weight is 175 g/mol. The van der Waals surface area contributed by atoms with Crippen LogP contribution in [-0.2, 0) is 0 Å². The van der Waals surface area contributed by atoms with Crippen LogP contribution >= 0.6 is 0 Å². The third-order valence-corrected chi connectivity index (χ3v) is 2.25. The topological polar surface area (TPSA) is 23.8 Å². The SMILES string of the molecule is C#CCC1CCC([NH-])CC1.[K+]. The van der Waals surface area contributed by atoms with Crippen LogP contribution in [0.1, 0.15) is 32.1 Å². The molecule has 1 saturated carbocycles. The van der Waals surface area contributed by atoms with Crippen molar-refractivity contribution in [1.29, 1.82) is 0 Å². The molecule has 0 heterocycles. The van der Waals surface area contributed by atoms with Crippen LogP contribution in [0.15, 0.2) is 0 Å².